The van der Waals surface area contributed by atoms with Gasteiger partial charge >= 0.3 is 0 Å². The first kappa shape index (κ1) is 16.8. The van der Waals surface area contributed by atoms with Gasteiger partial charge in [-0.3, -0.25) is 4.79 Å². The lowest BCUT2D eigenvalue weighted by Crippen LogP contribution is -2.11. The van der Waals surface area contributed by atoms with Crippen LogP contribution in [0.1, 0.15) is 44.3 Å². The maximum absolute atomic E-state index is 12.0. The first-order valence-electron chi connectivity index (χ1n) is 8.11. The second kappa shape index (κ2) is 7.69. The molecule has 2 heterocycles. The minimum atomic E-state index is -0.0610. The van der Waals surface area contributed by atoms with Crippen LogP contribution in [0.5, 0.6) is 0 Å². The lowest BCUT2D eigenvalue weighted by Gasteiger charge is -2.05. The average Bonchev–Trinajstić information content (AvgIpc) is 3.27. The summed E-state index contributed by atoms with van der Waals surface area (Å²) in [5.41, 5.74) is 1.51. The summed E-state index contributed by atoms with van der Waals surface area (Å²) in [6.07, 6.45) is 2.89. The fourth-order valence-electron chi connectivity index (χ4n) is 2.22. The van der Waals surface area contributed by atoms with Crippen molar-refractivity contribution in [3.8, 4) is 11.5 Å². The van der Waals surface area contributed by atoms with E-state index in [4.69, 9.17) is 8.94 Å². The van der Waals surface area contributed by atoms with Gasteiger partial charge in [-0.2, -0.15) is 4.98 Å². The van der Waals surface area contributed by atoms with Crippen LogP contribution in [0.4, 0.5) is 5.69 Å². The Bertz CT molecular complexity index is 809. The van der Waals surface area contributed by atoms with Crippen LogP contribution >= 0.6 is 0 Å². The van der Waals surface area contributed by atoms with Crippen LogP contribution in [0.2, 0.25) is 0 Å². The lowest BCUT2D eigenvalue weighted by molar-refractivity contribution is -0.116. The Kier molecular flexibility index (Phi) is 5.17. The van der Waals surface area contributed by atoms with Crippen LogP contribution in [0, 0.1) is 0 Å². The molecule has 0 bridgehead atoms. The highest BCUT2D eigenvalue weighted by atomic mass is 16.5. The number of amides is 1. The molecular formula is C17H19N5O3. The van der Waals surface area contributed by atoms with Crippen molar-refractivity contribution in [1.29, 1.82) is 0 Å². The fourth-order valence-corrected chi connectivity index (χ4v) is 2.22. The van der Waals surface area contributed by atoms with Crippen molar-refractivity contribution in [2.45, 2.75) is 39.0 Å². The van der Waals surface area contributed by atoms with Crippen molar-refractivity contribution < 1.29 is 13.7 Å². The number of aryl methyl sites for hydroxylation is 1. The SMILES string of the molecule is CC(C)c1noc(CCCC(=O)Nc2ccc(-c3nnco3)cc2)n1. The molecule has 3 aromatic rings. The third kappa shape index (κ3) is 4.50. The van der Waals surface area contributed by atoms with E-state index in [1.54, 1.807) is 12.1 Å². The number of nitrogens with zero attached hydrogens (tertiary/aromatic N) is 4. The summed E-state index contributed by atoms with van der Waals surface area (Å²) in [4.78, 5) is 16.3. The van der Waals surface area contributed by atoms with Gasteiger partial charge < -0.3 is 14.3 Å². The van der Waals surface area contributed by atoms with E-state index < -0.39 is 0 Å². The van der Waals surface area contributed by atoms with Gasteiger partial charge in [0.25, 0.3) is 0 Å². The normalized spacial score (nSPS) is 11.0. The molecule has 0 fully saturated rings. The van der Waals surface area contributed by atoms with E-state index >= 15 is 0 Å². The van der Waals surface area contributed by atoms with Crippen LogP contribution in [-0.4, -0.2) is 26.2 Å². The van der Waals surface area contributed by atoms with Crippen LogP contribution < -0.4 is 5.32 Å². The molecule has 1 aromatic carbocycles. The fraction of sp³-hybridized carbons (Fsp3) is 0.353. The third-order valence-electron chi connectivity index (χ3n) is 3.57. The maximum atomic E-state index is 12.0. The number of carbonyl (C=O) groups is 1. The summed E-state index contributed by atoms with van der Waals surface area (Å²) in [7, 11) is 0. The molecule has 0 aliphatic carbocycles. The molecule has 0 saturated carbocycles. The zero-order valence-corrected chi connectivity index (χ0v) is 14.1. The molecule has 2 aromatic heterocycles. The second-order valence-electron chi connectivity index (χ2n) is 5.92. The standard InChI is InChI=1S/C17H19N5O3/c1-11(2)16-20-15(25-22-16)5-3-4-14(23)19-13-8-6-12(7-9-13)17-21-18-10-24-17/h6-11H,3-5H2,1-2H3,(H,19,23). The molecule has 0 aliphatic rings. The minimum Gasteiger partial charge on any atom is -0.423 e. The van der Waals surface area contributed by atoms with Crippen LogP contribution in [0.3, 0.4) is 0 Å². The summed E-state index contributed by atoms with van der Waals surface area (Å²) in [6, 6.07) is 7.22. The van der Waals surface area contributed by atoms with E-state index in [9.17, 15) is 4.79 Å². The van der Waals surface area contributed by atoms with Crippen molar-refractivity contribution in [1.82, 2.24) is 20.3 Å². The molecule has 8 heteroatoms. The predicted molar refractivity (Wildman–Crippen MR) is 89.7 cm³/mol. The van der Waals surface area contributed by atoms with Gasteiger partial charge in [0.2, 0.25) is 24.1 Å². The molecule has 130 valence electrons. The second-order valence-corrected chi connectivity index (χ2v) is 5.92. The van der Waals surface area contributed by atoms with Gasteiger partial charge in [-0.05, 0) is 30.7 Å². The highest BCUT2D eigenvalue weighted by Gasteiger charge is 2.10. The third-order valence-corrected chi connectivity index (χ3v) is 3.57. The van der Waals surface area contributed by atoms with E-state index in [1.807, 2.05) is 26.0 Å². The number of carbonyl (C=O) groups excluding carboxylic acids is 1. The quantitative estimate of drug-likeness (QED) is 0.703. The molecule has 3 rings (SSSR count). The molecule has 1 N–H and O–H groups in total. The number of benzene rings is 1. The molecule has 25 heavy (non-hydrogen) atoms. The van der Waals surface area contributed by atoms with E-state index in [0.29, 0.717) is 42.6 Å². The van der Waals surface area contributed by atoms with E-state index in [1.165, 1.54) is 6.39 Å². The van der Waals surface area contributed by atoms with E-state index in [0.717, 1.165) is 5.56 Å². The van der Waals surface area contributed by atoms with Gasteiger partial charge in [-0.15, -0.1) is 10.2 Å². The Morgan fingerprint density at radius 1 is 1.24 bits per heavy atom. The summed E-state index contributed by atoms with van der Waals surface area (Å²) in [6.45, 7) is 4.01. The predicted octanol–water partition coefficient (Wildman–Crippen LogP) is 3.20. The Morgan fingerprint density at radius 2 is 2.04 bits per heavy atom. The van der Waals surface area contributed by atoms with Gasteiger partial charge in [-0.1, -0.05) is 19.0 Å². The van der Waals surface area contributed by atoms with Crippen molar-refractivity contribution in [3.05, 3.63) is 42.4 Å². The lowest BCUT2D eigenvalue weighted by atomic mass is 10.2. The first-order valence-corrected chi connectivity index (χ1v) is 8.11. The molecular weight excluding hydrogens is 322 g/mol. The van der Waals surface area contributed by atoms with Gasteiger partial charge in [0, 0.05) is 30.0 Å². The molecule has 0 spiro atoms. The smallest absolute Gasteiger partial charge is 0.247 e. The Balaban J connectivity index is 1.45. The number of nitrogens with one attached hydrogen (secondary N) is 1. The van der Waals surface area contributed by atoms with Crippen molar-refractivity contribution in [2.75, 3.05) is 5.32 Å². The monoisotopic (exact) mass is 341 g/mol. The molecule has 0 unspecified atom stereocenters. The molecule has 0 atom stereocenters. The number of anilines is 1. The summed E-state index contributed by atoms with van der Waals surface area (Å²) >= 11 is 0. The Morgan fingerprint density at radius 3 is 2.68 bits per heavy atom. The average molecular weight is 341 g/mol. The zero-order chi connectivity index (χ0) is 17.6. The van der Waals surface area contributed by atoms with E-state index in [-0.39, 0.29) is 11.8 Å². The molecule has 0 saturated heterocycles. The highest BCUT2D eigenvalue weighted by Crippen LogP contribution is 2.19. The van der Waals surface area contributed by atoms with Crippen molar-refractivity contribution >= 4 is 11.6 Å². The minimum absolute atomic E-state index is 0.0610. The van der Waals surface area contributed by atoms with Crippen LogP contribution in [0.25, 0.3) is 11.5 Å². The molecule has 8 nitrogen and oxygen atoms in total. The zero-order valence-electron chi connectivity index (χ0n) is 14.1. The number of hydrogen-bond acceptors (Lipinski definition) is 7. The Hall–Kier alpha value is -3.03. The summed E-state index contributed by atoms with van der Waals surface area (Å²) in [5.74, 6) is 1.88. The summed E-state index contributed by atoms with van der Waals surface area (Å²) < 4.78 is 10.3. The Labute approximate surface area is 144 Å². The van der Waals surface area contributed by atoms with Crippen LogP contribution in [0.15, 0.2) is 39.6 Å². The topological polar surface area (TPSA) is 107 Å². The molecule has 0 aliphatic heterocycles. The van der Waals surface area contributed by atoms with E-state index in [2.05, 4.69) is 25.7 Å². The van der Waals surface area contributed by atoms with Gasteiger partial charge in [-0.25, -0.2) is 0 Å². The molecule has 1 amide bonds. The van der Waals surface area contributed by atoms with Gasteiger partial charge in [0.15, 0.2) is 5.82 Å². The number of aromatic nitrogens is 4. The van der Waals surface area contributed by atoms with Gasteiger partial charge in [0.05, 0.1) is 0 Å². The molecule has 0 radical (unpaired) electrons. The maximum Gasteiger partial charge on any atom is 0.247 e. The van der Waals surface area contributed by atoms with Gasteiger partial charge in [0.1, 0.15) is 0 Å². The van der Waals surface area contributed by atoms with Crippen LogP contribution in [-0.2, 0) is 11.2 Å². The number of hydrogen-bond donors (Lipinski definition) is 1. The number of rotatable bonds is 7. The van der Waals surface area contributed by atoms with Crippen molar-refractivity contribution in [3.63, 3.8) is 0 Å². The summed E-state index contributed by atoms with van der Waals surface area (Å²) in [5, 5.41) is 14.2. The first-order chi connectivity index (χ1) is 12.1. The largest absolute Gasteiger partial charge is 0.423 e. The highest BCUT2D eigenvalue weighted by molar-refractivity contribution is 5.90. The van der Waals surface area contributed by atoms with Crippen molar-refractivity contribution in [2.24, 2.45) is 0 Å².